The van der Waals surface area contributed by atoms with Gasteiger partial charge >= 0.3 is 5.97 Å². The highest BCUT2D eigenvalue weighted by molar-refractivity contribution is 5.90. The largest absolute Gasteiger partial charge is 0.478 e. The molecule has 1 heterocycles. The van der Waals surface area contributed by atoms with Crippen molar-refractivity contribution in [1.29, 1.82) is 0 Å². The summed E-state index contributed by atoms with van der Waals surface area (Å²) in [5, 5.41) is 8.90. The van der Waals surface area contributed by atoms with Crippen LogP contribution >= 0.6 is 0 Å². The van der Waals surface area contributed by atoms with Crippen molar-refractivity contribution in [2.24, 2.45) is 0 Å². The Labute approximate surface area is 106 Å². The van der Waals surface area contributed by atoms with Gasteiger partial charge < -0.3 is 20.5 Å². The molecule has 5 heteroatoms. The van der Waals surface area contributed by atoms with E-state index in [2.05, 4.69) is 4.90 Å². The maximum absolute atomic E-state index is 10.9. The molecule has 1 aliphatic heterocycles. The van der Waals surface area contributed by atoms with E-state index in [0.717, 1.165) is 31.7 Å². The summed E-state index contributed by atoms with van der Waals surface area (Å²) in [7, 11) is 1.99. The number of ether oxygens (including phenoxy) is 1. The minimum atomic E-state index is -0.957. The number of carboxylic acids is 1. The standard InChI is InChI=1S/C13H18N2O3/c1-15(10-4-6-18-7-5-10)12-3-2-9(13(16)17)8-11(12)14/h2-3,8,10H,4-7,14H2,1H3,(H,16,17). The number of aromatic carboxylic acids is 1. The first-order valence-electron chi connectivity index (χ1n) is 6.03. The predicted molar refractivity (Wildman–Crippen MR) is 70.1 cm³/mol. The Kier molecular flexibility index (Phi) is 3.72. The number of anilines is 2. The Morgan fingerprint density at radius 1 is 1.44 bits per heavy atom. The van der Waals surface area contributed by atoms with Crippen molar-refractivity contribution < 1.29 is 14.6 Å². The van der Waals surface area contributed by atoms with Gasteiger partial charge in [-0.1, -0.05) is 0 Å². The van der Waals surface area contributed by atoms with E-state index in [1.165, 1.54) is 6.07 Å². The van der Waals surface area contributed by atoms with Gasteiger partial charge in [0.2, 0.25) is 0 Å². The van der Waals surface area contributed by atoms with Crippen LogP contribution in [-0.2, 0) is 4.74 Å². The Hall–Kier alpha value is -1.75. The summed E-state index contributed by atoms with van der Waals surface area (Å²) in [6.45, 7) is 1.53. The lowest BCUT2D eigenvalue weighted by molar-refractivity contribution is 0.0697. The summed E-state index contributed by atoms with van der Waals surface area (Å²) in [5.41, 5.74) is 7.53. The SMILES string of the molecule is CN(c1ccc(C(=O)O)cc1N)C1CCOCC1. The van der Waals surface area contributed by atoms with E-state index in [4.69, 9.17) is 15.6 Å². The first-order valence-corrected chi connectivity index (χ1v) is 6.03. The van der Waals surface area contributed by atoms with Crippen LogP contribution in [0, 0.1) is 0 Å². The zero-order chi connectivity index (χ0) is 13.1. The van der Waals surface area contributed by atoms with Crippen molar-refractivity contribution >= 4 is 17.3 Å². The summed E-state index contributed by atoms with van der Waals surface area (Å²) < 4.78 is 5.33. The van der Waals surface area contributed by atoms with E-state index >= 15 is 0 Å². The molecule has 2 rings (SSSR count). The molecule has 1 saturated heterocycles. The van der Waals surface area contributed by atoms with E-state index in [1.807, 2.05) is 7.05 Å². The van der Waals surface area contributed by atoms with Gasteiger partial charge in [0.15, 0.2) is 0 Å². The third-order valence-corrected chi connectivity index (χ3v) is 3.39. The highest BCUT2D eigenvalue weighted by atomic mass is 16.5. The monoisotopic (exact) mass is 250 g/mol. The van der Waals surface area contributed by atoms with E-state index in [0.29, 0.717) is 11.7 Å². The molecule has 0 aliphatic carbocycles. The van der Waals surface area contributed by atoms with Crippen molar-refractivity contribution in [2.75, 3.05) is 30.9 Å². The van der Waals surface area contributed by atoms with Crippen molar-refractivity contribution in [2.45, 2.75) is 18.9 Å². The maximum atomic E-state index is 10.9. The number of benzene rings is 1. The fraction of sp³-hybridized carbons (Fsp3) is 0.462. The molecular weight excluding hydrogens is 232 g/mol. The molecule has 1 aliphatic rings. The van der Waals surface area contributed by atoms with Gasteiger partial charge in [0, 0.05) is 26.3 Å². The minimum Gasteiger partial charge on any atom is -0.478 e. The highest BCUT2D eigenvalue weighted by Crippen LogP contribution is 2.27. The van der Waals surface area contributed by atoms with E-state index in [9.17, 15) is 4.79 Å². The third kappa shape index (κ3) is 2.56. The lowest BCUT2D eigenvalue weighted by Crippen LogP contribution is -2.37. The summed E-state index contributed by atoms with van der Waals surface area (Å²) >= 11 is 0. The zero-order valence-electron chi connectivity index (χ0n) is 10.4. The van der Waals surface area contributed by atoms with Gasteiger partial charge in [0.25, 0.3) is 0 Å². The average Bonchev–Trinajstić information content (AvgIpc) is 2.38. The normalized spacial score (nSPS) is 16.5. The van der Waals surface area contributed by atoms with Gasteiger partial charge in [-0.2, -0.15) is 0 Å². The molecule has 1 aromatic carbocycles. The number of hydrogen-bond donors (Lipinski definition) is 2. The number of carbonyl (C=O) groups is 1. The van der Waals surface area contributed by atoms with Gasteiger partial charge in [0.1, 0.15) is 0 Å². The lowest BCUT2D eigenvalue weighted by atomic mass is 10.1. The van der Waals surface area contributed by atoms with Crippen LogP contribution in [0.25, 0.3) is 0 Å². The number of nitrogens with zero attached hydrogens (tertiary/aromatic N) is 1. The summed E-state index contributed by atoms with van der Waals surface area (Å²) in [5.74, 6) is -0.957. The first kappa shape index (κ1) is 12.7. The summed E-state index contributed by atoms with van der Waals surface area (Å²) in [6, 6.07) is 5.27. The number of carboxylic acid groups (broad SMARTS) is 1. The lowest BCUT2D eigenvalue weighted by Gasteiger charge is -2.33. The fourth-order valence-electron chi connectivity index (χ4n) is 2.28. The van der Waals surface area contributed by atoms with Gasteiger partial charge in [-0.3, -0.25) is 0 Å². The van der Waals surface area contributed by atoms with Crippen LogP contribution in [0.2, 0.25) is 0 Å². The second-order valence-electron chi connectivity index (χ2n) is 4.53. The highest BCUT2D eigenvalue weighted by Gasteiger charge is 2.20. The molecule has 5 nitrogen and oxygen atoms in total. The van der Waals surface area contributed by atoms with Crippen LogP contribution in [-0.4, -0.2) is 37.4 Å². The summed E-state index contributed by atoms with van der Waals surface area (Å²) in [4.78, 5) is 13.0. The van der Waals surface area contributed by atoms with Crippen molar-refractivity contribution in [1.82, 2.24) is 0 Å². The number of nitrogen functional groups attached to an aromatic ring is 1. The summed E-state index contributed by atoms with van der Waals surface area (Å²) in [6.07, 6.45) is 1.94. The maximum Gasteiger partial charge on any atom is 0.335 e. The Balaban J connectivity index is 2.19. The molecule has 1 aromatic rings. The van der Waals surface area contributed by atoms with Crippen LogP contribution in [0.15, 0.2) is 18.2 Å². The van der Waals surface area contributed by atoms with Gasteiger partial charge in [-0.25, -0.2) is 4.79 Å². The molecule has 18 heavy (non-hydrogen) atoms. The molecule has 0 bridgehead atoms. The molecule has 0 unspecified atom stereocenters. The molecule has 0 saturated carbocycles. The molecule has 0 aromatic heterocycles. The predicted octanol–water partition coefficient (Wildman–Crippen LogP) is 1.58. The van der Waals surface area contributed by atoms with Crippen LogP contribution < -0.4 is 10.6 Å². The molecule has 0 amide bonds. The van der Waals surface area contributed by atoms with Crippen LogP contribution in [0.4, 0.5) is 11.4 Å². The third-order valence-electron chi connectivity index (χ3n) is 3.39. The fourth-order valence-corrected chi connectivity index (χ4v) is 2.28. The smallest absolute Gasteiger partial charge is 0.335 e. The van der Waals surface area contributed by atoms with Crippen LogP contribution in [0.3, 0.4) is 0 Å². The van der Waals surface area contributed by atoms with Crippen molar-refractivity contribution in [3.8, 4) is 0 Å². The second-order valence-corrected chi connectivity index (χ2v) is 4.53. The number of rotatable bonds is 3. The van der Waals surface area contributed by atoms with E-state index in [1.54, 1.807) is 12.1 Å². The molecule has 0 radical (unpaired) electrons. The van der Waals surface area contributed by atoms with Gasteiger partial charge in [0.05, 0.1) is 16.9 Å². The number of hydrogen-bond acceptors (Lipinski definition) is 4. The quantitative estimate of drug-likeness (QED) is 0.797. The Morgan fingerprint density at radius 3 is 2.67 bits per heavy atom. The molecule has 0 atom stereocenters. The Bertz CT molecular complexity index is 442. The molecular formula is C13H18N2O3. The van der Waals surface area contributed by atoms with E-state index in [-0.39, 0.29) is 5.56 Å². The minimum absolute atomic E-state index is 0.219. The molecule has 3 N–H and O–H groups in total. The van der Waals surface area contributed by atoms with Crippen LogP contribution in [0.1, 0.15) is 23.2 Å². The van der Waals surface area contributed by atoms with Crippen molar-refractivity contribution in [3.05, 3.63) is 23.8 Å². The molecule has 1 fully saturated rings. The first-order chi connectivity index (χ1) is 8.59. The zero-order valence-corrected chi connectivity index (χ0v) is 10.4. The molecule has 0 spiro atoms. The van der Waals surface area contributed by atoms with E-state index < -0.39 is 5.97 Å². The molecule has 98 valence electrons. The van der Waals surface area contributed by atoms with Crippen molar-refractivity contribution in [3.63, 3.8) is 0 Å². The second kappa shape index (κ2) is 5.27. The average molecular weight is 250 g/mol. The number of nitrogens with two attached hydrogens (primary N) is 1. The van der Waals surface area contributed by atoms with Crippen LogP contribution in [0.5, 0.6) is 0 Å². The van der Waals surface area contributed by atoms with Gasteiger partial charge in [-0.05, 0) is 31.0 Å². The Morgan fingerprint density at radius 2 is 2.11 bits per heavy atom. The van der Waals surface area contributed by atoms with Gasteiger partial charge in [-0.15, -0.1) is 0 Å². The topological polar surface area (TPSA) is 75.8 Å².